The summed E-state index contributed by atoms with van der Waals surface area (Å²) in [7, 11) is 1.65. The summed E-state index contributed by atoms with van der Waals surface area (Å²) in [6.45, 7) is 0.973. The third kappa shape index (κ3) is 3.72. The number of nitrogens with zero attached hydrogens (tertiary/aromatic N) is 1. The van der Waals surface area contributed by atoms with Gasteiger partial charge in [0, 0.05) is 18.3 Å². The van der Waals surface area contributed by atoms with E-state index in [2.05, 4.69) is 5.32 Å². The molecule has 1 aromatic heterocycles. The molecule has 23 heavy (non-hydrogen) atoms. The number of hydrogen-bond acceptors (Lipinski definition) is 2. The van der Waals surface area contributed by atoms with Crippen molar-refractivity contribution < 1.29 is 9.53 Å². The van der Waals surface area contributed by atoms with E-state index in [1.54, 1.807) is 7.11 Å². The zero-order valence-electron chi connectivity index (χ0n) is 13.2. The number of aromatic nitrogens is 1. The van der Waals surface area contributed by atoms with Crippen LogP contribution in [-0.2, 0) is 17.8 Å². The van der Waals surface area contributed by atoms with Crippen molar-refractivity contribution in [3.8, 4) is 5.75 Å². The molecule has 0 spiro atoms. The molecule has 0 saturated carbocycles. The lowest BCUT2D eigenvalue weighted by atomic mass is 10.1. The van der Waals surface area contributed by atoms with Crippen LogP contribution in [0.5, 0.6) is 5.75 Å². The molecule has 0 aliphatic heterocycles. The molecule has 0 aliphatic rings. The molecule has 3 aromatic rings. The third-order valence-electron chi connectivity index (χ3n) is 3.89. The van der Waals surface area contributed by atoms with Crippen molar-refractivity contribution in [3.05, 3.63) is 66.4 Å². The van der Waals surface area contributed by atoms with Gasteiger partial charge in [-0.1, -0.05) is 30.3 Å². The fraction of sp³-hybridized carbons (Fsp3) is 0.211. The van der Waals surface area contributed by atoms with Crippen molar-refractivity contribution >= 4 is 16.8 Å². The number of hydrogen-bond donors (Lipinski definition) is 1. The van der Waals surface area contributed by atoms with Gasteiger partial charge in [-0.2, -0.15) is 0 Å². The van der Waals surface area contributed by atoms with Crippen LogP contribution in [0.1, 0.15) is 5.56 Å². The van der Waals surface area contributed by atoms with Crippen LogP contribution in [0.4, 0.5) is 0 Å². The van der Waals surface area contributed by atoms with E-state index < -0.39 is 0 Å². The van der Waals surface area contributed by atoms with Gasteiger partial charge in [-0.05, 0) is 41.6 Å². The molecule has 1 heterocycles. The highest BCUT2D eigenvalue weighted by atomic mass is 16.5. The Balaban J connectivity index is 1.51. The van der Waals surface area contributed by atoms with E-state index in [9.17, 15) is 4.79 Å². The highest BCUT2D eigenvalue weighted by molar-refractivity contribution is 5.83. The van der Waals surface area contributed by atoms with Crippen LogP contribution in [0.2, 0.25) is 0 Å². The smallest absolute Gasteiger partial charge is 0.239 e. The minimum Gasteiger partial charge on any atom is -0.497 e. The molecule has 0 bridgehead atoms. The number of carbonyl (C=O) groups is 1. The maximum absolute atomic E-state index is 12.1. The summed E-state index contributed by atoms with van der Waals surface area (Å²) in [6.07, 6.45) is 2.76. The van der Waals surface area contributed by atoms with Gasteiger partial charge in [0.2, 0.25) is 5.91 Å². The number of rotatable bonds is 6. The molecule has 0 atom stereocenters. The zero-order valence-corrected chi connectivity index (χ0v) is 13.2. The molecule has 0 radical (unpaired) electrons. The summed E-state index contributed by atoms with van der Waals surface area (Å²) in [6, 6.07) is 18.0. The topological polar surface area (TPSA) is 43.3 Å². The van der Waals surface area contributed by atoms with Gasteiger partial charge in [0.05, 0.1) is 7.11 Å². The van der Waals surface area contributed by atoms with Crippen molar-refractivity contribution in [2.24, 2.45) is 0 Å². The average Bonchev–Trinajstić information content (AvgIpc) is 2.99. The van der Waals surface area contributed by atoms with Crippen molar-refractivity contribution in [2.45, 2.75) is 13.0 Å². The molecular weight excluding hydrogens is 288 g/mol. The first kappa shape index (κ1) is 15.2. The van der Waals surface area contributed by atoms with E-state index in [4.69, 9.17) is 4.74 Å². The standard InChI is InChI=1S/C19H20N2O2/c1-23-17-8-6-15(7-9-17)10-12-20-19(22)14-21-13-11-16-4-2-3-5-18(16)21/h2-9,11,13H,10,12,14H2,1H3,(H,20,22). The molecule has 1 amide bonds. The average molecular weight is 308 g/mol. The van der Waals surface area contributed by atoms with Crippen LogP contribution in [-0.4, -0.2) is 24.1 Å². The molecular formula is C19H20N2O2. The Morgan fingerprint density at radius 2 is 1.87 bits per heavy atom. The normalized spacial score (nSPS) is 10.7. The first-order chi connectivity index (χ1) is 11.3. The van der Waals surface area contributed by atoms with Gasteiger partial charge in [-0.15, -0.1) is 0 Å². The van der Waals surface area contributed by atoms with Crippen molar-refractivity contribution in [1.29, 1.82) is 0 Å². The number of nitrogens with one attached hydrogen (secondary N) is 1. The fourth-order valence-corrected chi connectivity index (χ4v) is 2.63. The summed E-state index contributed by atoms with van der Waals surface area (Å²) in [4.78, 5) is 12.1. The maximum atomic E-state index is 12.1. The molecule has 0 fully saturated rings. The Bertz CT molecular complexity index is 790. The number of ether oxygens (including phenoxy) is 1. The van der Waals surface area contributed by atoms with E-state index >= 15 is 0 Å². The van der Waals surface area contributed by atoms with E-state index in [1.807, 2.05) is 65.4 Å². The predicted molar refractivity (Wildman–Crippen MR) is 91.6 cm³/mol. The lowest BCUT2D eigenvalue weighted by molar-refractivity contribution is -0.121. The molecule has 0 unspecified atom stereocenters. The summed E-state index contributed by atoms with van der Waals surface area (Å²) in [5, 5.41) is 4.12. The second-order valence-corrected chi connectivity index (χ2v) is 5.45. The van der Waals surface area contributed by atoms with Crippen molar-refractivity contribution in [2.75, 3.05) is 13.7 Å². The largest absolute Gasteiger partial charge is 0.497 e. The van der Waals surface area contributed by atoms with Gasteiger partial charge in [0.25, 0.3) is 0 Å². The number of amides is 1. The van der Waals surface area contributed by atoms with Crippen LogP contribution < -0.4 is 10.1 Å². The van der Waals surface area contributed by atoms with Gasteiger partial charge < -0.3 is 14.6 Å². The Morgan fingerprint density at radius 1 is 1.09 bits per heavy atom. The Kier molecular flexibility index (Phi) is 4.62. The Hall–Kier alpha value is -2.75. The van der Waals surface area contributed by atoms with E-state index in [-0.39, 0.29) is 5.91 Å². The SMILES string of the molecule is COc1ccc(CCNC(=O)Cn2ccc3ccccc32)cc1. The second kappa shape index (κ2) is 7.01. The quantitative estimate of drug-likeness (QED) is 0.760. The van der Waals surface area contributed by atoms with E-state index in [0.29, 0.717) is 13.1 Å². The maximum Gasteiger partial charge on any atom is 0.239 e. The minimum atomic E-state index is 0.0277. The van der Waals surface area contributed by atoms with Crippen molar-refractivity contribution in [1.82, 2.24) is 9.88 Å². The van der Waals surface area contributed by atoms with Gasteiger partial charge in [0.15, 0.2) is 0 Å². The number of carbonyl (C=O) groups excluding carboxylic acids is 1. The minimum absolute atomic E-state index is 0.0277. The van der Waals surface area contributed by atoms with Gasteiger partial charge in [-0.25, -0.2) is 0 Å². The monoisotopic (exact) mass is 308 g/mol. The molecule has 0 aliphatic carbocycles. The van der Waals surface area contributed by atoms with E-state index in [0.717, 1.165) is 23.1 Å². The van der Waals surface area contributed by atoms with Gasteiger partial charge in [0.1, 0.15) is 12.3 Å². The highest BCUT2D eigenvalue weighted by Gasteiger charge is 2.05. The van der Waals surface area contributed by atoms with Crippen LogP contribution >= 0.6 is 0 Å². The number of methoxy groups -OCH3 is 1. The first-order valence-corrected chi connectivity index (χ1v) is 7.70. The molecule has 0 saturated heterocycles. The molecule has 4 nitrogen and oxygen atoms in total. The van der Waals surface area contributed by atoms with Gasteiger partial charge >= 0.3 is 0 Å². The molecule has 118 valence electrons. The Labute approximate surface area is 135 Å². The fourth-order valence-electron chi connectivity index (χ4n) is 2.63. The Morgan fingerprint density at radius 3 is 2.65 bits per heavy atom. The lowest BCUT2D eigenvalue weighted by Crippen LogP contribution is -2.29. The highest BCUT2D eigenvalue weighted by Crippen LogP contribution is 2.14. The summed E-state index contributed by atoms with van der Waals surface area (Å²) >= 11 is 0. The molecule has 4 heteroatoms. The predicted octanol–water partition coefficient (Wildman–Crippen LogP) is 3.01. The summed E-state index contributed by atoms with van der Waals surface area (Å²) in [5.74, 6) is 0.872. The number of fused-ring (bicyclic) bond motifs is 1. The number of para-hydroxylation sites is 1. The molecule has 1 N–H and O–H groups in total. The first-order valence-electron chi connectivity index (χ1n) is 7.70. The molecule has 2 aromatic carbocycles. The zero-order chi connectivity index (χ0) is 16.1. The van der Waals surface area contributed by atoms with E-state index in [1.165, 1.54) is 5.56 Å². The van der Waals surface area contributed by atoms with Crippen LogP contribution in [0.25, 0.3) is 10.9 Å². The van der Waals surface area contributed by atoms with Crippen LogP contribution in [0, 0.1) is 0 Å². The van der Waals surface area contributed by atoms with Crippen LogP contribution in [0.3, 0.4) is 0 Å². The summed E-state index contributed by atoms with van der Waals surface area (Å²) < 4.78 is 7.10. The molecule has 3 rings (SSSR count). The second-order valence-electron chi connectivity index (χ2n) is 5.45. The summed E-state index contributed by atoms with van der Waals surface area (Å²) in [5.41, 5.74) is 2.26. The van der Waals surface area contributed by atoms with Crippen LogP contribution in [0.15, 0.2) is 60.8 Å². The number of benzene rings is 2. The third-order valence-corrected chi connectivity index (χ3v) is 3.89. The van der Waals surface area contributed by atoms with Crippen molar-refractivity contribution in [3.63, 3.8) is 0 Å². The lowest BCUT2D eigenvalue weighted by Gasteiger charge is -2.08. The van der Waals surface area contributed by atoms with Gasteiger partial charge in [-0.3, -0.25) is 4.79 Å².